The SMILES string of the molecule is CC(CC#N)NCC1CCOCC1. The molecule has 0 bridgehead atoms. The van der Waals surface area contributed by atoms with E-state index in [0.29, 0.717) is 12.5 Å². The first-order chi connectivity index (χ1) is 6.33. The second-order valence-electron chi connectivity index (χ2n) is 3.73. The molecule has 0 aliphatic carbocycles. The van der Waals surface area contributed by atoms with E-state index in [9.17, 15) is 0 Å². The Kier molecular flexibility index (Phi) is 4.81. The lowest BCUT2D eigenvalue weighted by atomic mass is 10.00. The molecule has 3 nitrogen and oxygen atoms in total. The number of ether oxygens (including phenoxy) is 1. The Morgan fingerprint density at radius 2 is 2.23 bits per heavy atom. The van der Waals surface area contributed by atoms with Crippen molar-refractivity contribution in [1.82, 2.24) is 5.32 Å². The Labute approximate surface area is 80.1 Å². The molecule has 0 spiro atoms. The Morgan fingerprint density at radius 3 is 2.85 bits per heavy atom. The molecule has 1 aliphatic rings. The van der Waals surface area contributed by atoms with E-state index in [1.54, 1.807) is 0 Å². The predicted molar refractivity (Wildman–Crippen MR) is 51.2 cm³/mol. The molecule has 1 atom stereocenters. The molecular weight excluding hydrogens is 164 g/mol. The zero-order valence-corrected chi connectivity index (χ0v) is 8.25. The van der Waals surface area contributed by atoms with Crippen molar-refractivity contribution < 1.29 is 4.74 Å². The number of nitrogens with zero attached hydrogens (tertiary/aromatic N) is 1. The highest BCUT2D eigenvalue weighted by Crippen LogP contribution is 2.13. The van der Waals surface area contributed by atoms with E-state index in [1.807, 2.05) is 0 Å². The number of nitrogens with one attached hydrogen (secondary N) is 1. The van der Waals surface area contributed by atoms with Gasteiger partial charge in [0.25, 0.3) is 0 Å². The van der Waals surface area contributed by atoms with Gasteiger partial charge < -0.3 is 10.1 Å². The maximum atomic E-state index is 8.46. The van der Waals surface area contributed by atoms with Gasteiger partial charge in [-0.05, 0) is 32.2 Å². The molecule has 1 fully saturated rings. The van der Waals surface area contributed by atoms with Crippen molar-refractivity contribution >= 4 is 0 Å². The van der Waals surface area contributed by atoms with Gasteiger partial charge in [-0.3, -0.25) is 0 Å². The molecular formula is C10H18N2O. The zero-order valence-electron chi connectivity index (χ0n) is 8.25. The third-order valence-corrected chi connectivity index (χ3v) is 2.49. The Morgan fingerprint density at radius 1 is 1.54 bits per heavy atom. The van der Waals surface area contributed by atoms with Gasteiger partial charge in [0, 0.05) is 19.3 Å². The predicted octanol–water partition coefficient (Wildman–Crippen LogP) is 1.30. The maximum absolute atomic E-state index is 8.46. The molecule has 1 N–H and O–H groups in total. The summed E-state index contributed by atoms with van der Waals surface area (Å²) in [4.78, 5) is 0. The normalized spacial score (nSPS) is 20.9. The summed E-state index contributed by atoms with van der Waals surface area (Å²) in [5, 5.41) is 11.8. The molecule has 0 aromatic carbocycles. The van der Waals surface area contributed by atoms with Crippen LogP contribution >= 0.6 is 0 Å². The minimum Gasteiger partial charge on any atom is -0.381 e. The smallest absolute Gasteiger partial charge is 0.0638 e. The van der Waals surface area contributed by atoms with Gasteiger partial charge in [-0.2, -0.15) is 5.26 Å². The second kappa shape index (κ2) is 5.95. The van der Waals surface area contributed by atoms with E-state index < -0.39 is 0 Å². The van der Waals surface area contributed by atoms with Crippen LogP contribution in [0.5, 0.6) is 0 Å². The lowest BCUT2D eigenvalue weighted by Crippen LogP contribution is -2.33. The van der Waals surface area contributed by atoms with Gasteiger partial charge >= 0.3 is 0 Å². The van der Waals surface area contributed by atoms with Crippen LogP contribution < -0.4 is 5.32 Å². The fourth-order valence-corrected chi connectivity index (χ4v) is 1.53. The number of rotatable bonds is 4. The summed E-state index contributed by atoms with van der Waals surface area (Å²) in [6.07, 6.45) is 2.92. The minimum atomic E-state index is 0.327. The molecule has 1 heterocycles. The molecule has 1 aliphatic heterocycles. The lowest BCUT2D eigenvalue weighted by molar-refractivity contribution is 0.0656. The van der Waals surface area contributed by atoms with Crippen LogP contribution in [0.1, 0.15) is 26.2 Å². The monoisotopic (exact) mass is 182 g/mol. The van der Waals surface area contributed by atoms with Crippen molar-refractivity contribution in [3.8, 4) is 6.07 Å². The molecule has 0 radical (unpaired) electrons. The maximum Gasteiger partial charge on any atom is 0.0638 e. The summed E-state index contributed by atoms with van der Waals surface area (Å²) in [5.74, 6) is 0.745. The van der Waals surface area contributed by atoms with Crippen LogP contribution in [-0.2, 0) is 4.74 Å². The fraction of sp³-hybridized carbons (Fsp3) is 0.900. The van der Waals surface area contributed by atoms with Gasteiger partial charge in [-0.1, -0.05) is 0 Å². The van der Waals surface area contributed by atoms with E-state index in [-0.39, 0.29) is 0 Å². The van der Waals surface area contributed by atoms with Crippen LogP contribution in [0.25, 0.3) is 0 Å². The van der Waals surface area contributed by atoms with Crippen LogP contribution in [0, 0.1) is 17.2 Å². The molecule has 1 saturated heterocycles. The Balaban J connectivity index is 2.07. The quantitative estimate of drug-likeness (QED) is 0.713. The standard InChI is InChI=1S/C10H18N2O/c1-9(2-5-11)12-8-10-3-6-13-7-4-10/h9-10,12H,2-4,6-8H2,1H3. The third-order valence-electron chi connectivity index (χ3n) is 2.49. The number of hydrogen-bond donors (Lipinski definition) is 1. The third kappa shape index (κ3) is 4.25. The highest BCUT2D eigenvalue weighted by atomic mass is 16.5. The topological polar surface area (TPSA) is 45.0 Å². The summed E-state index contributed by atoms with van der Waals surface area (Å²) in [6.45, 7) is 4.90. The van der Waals surface area contributed by atoms with Crippen molar-refractivity contribution in [2.45, 2.75) is 32.2 Å². The Bertz CT molecular complexity index is 170. The minimum absolute atomic E-state index is 0.327. The molecule has 1 rings (SSSR count). The molecule has 0 saturated carbocycles. The van der Waals surface area contributed by atoms with Gasteiger partial charge in [-0.15, -0.1) is 0 Å². The van der Waals surface area contributed by atoms with E-state index in [1.165, 1.54) is 0 Å². The van der Waals surface area contributed by atoms with Crippen molar-refractivity contribution in [2.24, 2.45) is 5.92 Å². The van der Waals surface area contributed by atoms with Crippen molar-refractivity contribution in [2.75, 3.05) is 19.8 Å². The number of hydrogen-bond acceptors (Lipinski definition) is 3. The van der Waals surface area contributed by atoms with Crippen molar-refractivity contribution in [3.63, 3.8) is 0 Å². The largest absolute Gasteiger partial charge is 0.381 e. The summed E-state index contributed by atoms with van der Waals surface area (Å²) in [6, 6.07) is 2.49. The van der Waals surface area contributed by atoms with E-state index in [0.717, 1.165) is 38.5 Å². The highest BCUT2D eigenvalue weighted by Gasteiger charge is 2.13. The van der Waals surface area contributed by atoms with Crippen molar-refractivity contribution in [1.29, 1.82) is 5.26 Å². The van der Waals surface area contributed by atoms with Gasteiger partial charge in [-0.25, -0.2) is 0 Å². The van der Waals surface area contributed by atoms with Crippen LogP contribution in [0.3, 0.4) is 0 Å². The first-order valence-corrected chi connectivity index (χ1v) is 5.01. The Hall–Kier alpha value is -0.590. The fourth-order valence-electron chi connectivity index (χ4n) is 1.53. The van der Waals surface area contributed by atoms with Crippen LogP contribution in [0.15, 0.2) is 0 Å². The zero-order chi connectivity index (χ0) is 9.52. The molecule has 0 aromatic heterocycles. The van der Waals surface area contributed by atoms with E-state index in [2.05, 4.69) is 18.3 Å². The summed E-state index contributed by atoms with van der Waals surface area (Å²) in [5.41, 5.74) is 0. The van der Waals surface area contributed by atoms with Gasteiger partial charge in [0.05, 0.1) is 12.5 Å². The van der Waals surface area contributed by atoms with E-state index >= 15 is 0 Å². The molecule has 3 heteroatoms. The van der Waals surface area contributed by atoms with Crippen LogP contribution in [0.2, 0.25) is 0 Å². The van der Waals surface area contributed by atoms with Gasteiger partial charge in [0.1, 0.15) is 0 Å². The summed E-state index contributed by atoms with van der Waals surface area (Å²) in [7, 11) is 0. The number of nitriles is 1. The molecule has 1 unspecified atom stereocenters. The van der Waals surface area contributed by atoms with Crippen LogP contribution in [0.4, 0.5) is 0 Å². The molecule has 0 aromatic rings. The van der Waals surface area contributed by atoms with Gasteiger partial charge in [0.15, 0.2) is 0 Å². The lowest BCUT2D eigenvalue weighted by Gasteiger charge is -2.23. The molecule has 13 heavy (non-hydrogen) atoms. The van der Waals surface area contributed by atoms with Crippen LogP contribution in [-0.4, -0.2) is 25.8 Å². The summed E-state index contributed by atoms with van der Waals surface area (Å²) < 4.78 is 5.27. The highest BCUT2D eigenvalue weighted by molar-refractivity contribution is 4.78. The molecule has 0 amide bonds. The van der Waals surface area contributed by atoms with Crippen molar-refractivity contribution in [3.05, 3.63) is 0 Å². The first kappa shape index (κ1) is 10.5. The van der Waals surface area contributed by atoms with Gasteiger partial charge in [0.2, 0.25) is 0 Å². The summed E-state index contributed by atoms with van der Waals surface area (Å²) >= 11 is 0. The average molecular weight is 182 g/mol. The first-order valence-electron chi connectivity index (χ1n) is 5.01. The second-order valence-corrected chi connectivity index (χ2v) is 3.73. The average Bonchev–Trinajstić information content (AvgIpc) is 2.17. The van der Waals surface area contributed by atoms with E-state index in [4.69, 9.17) is 10.00 Å². The molecule has 74 valence electrons.